The third kappa shape index (κ3) is 3.45. The largest absolute Gasteiger partial charge is 0.376 e. The van der Waals surface area contributed by atoms with Crippen LogP contribution in [-0.2, 0) is 4.74 Å². The first kappa shape index (κ1) is 13.8. The summed E-state index contributed by atoms with van der Waals surface area (Å²) in [7, 11) is 0. The average molecular weight is 263 g/mol. The Morgan fingerprint density at radius 2 is 2.11 bits per heavy atom. The fourth-order valence-corrected chi connectivity index (χ4v) is 2.18. The molecule has 2 rings (SSSR count). The van der Waals surface area contributed by atoms with Crippen molar-refractivity contribution in [3.8, 4) is 0 Å². The molecule has 0 bridgehead atoms. The maximum absolute atomic E-state index is 11.9. The van der Waals surface area contributed by atoms with E-state index in [1.54, 1.807) is 0 Å². The second-order valence-corrected chi connectivity index (χ2v) is 4.88. The quantitative estimate of drug-likeness (QED) is 0.772. The Hall–Kier alpha value is -1.59. The number of rotatable bonds is 4. The second kappa shape index (κ2) is 6.04. The highest BCUT2D eigenvalue weighted by Gasteiger charge is 2.40. The van der Waals surface area contributed by atoms with Crippen molar-refractivity contribution >= 4 is 11.7 Å². The highest BCUT2D eigenvalue weighted by molar-refractivity contribution is 5.89. The SMILES string of the molecule is CCOC1CC(N)C1NC(=O)Nc1ccc(C)cc1. The van der Waals surface area contributed by atoms with Gasteiger partial charge in [0, 0.05) is 18.3 Å². The number of urea groups is 1. The Morgan fingerprint density at radius 3 is 2.68 bits per heavy atom. The zero-order valence-corrected chi connectivity index (χ0v) is 11.3. The number of aryl methyl sites for hydroxylation is 1. The van der Waals surface area contributed by atoms with Gasteiger partial charge in [0.2, 0.25) is 0 Å². The van der Waals surface area contributed by atoms with Crippen molar-refractivity contribution in [2.24, 2.45) is 5.73 Å². The molecule has 1 fully saturated rings. The van der Waals surface area contributed by atoms with Gasteiger partial charge in [-0.05, 0) is 32.4 Å². The van der Waals surface area contributed by atoms with Crippen LogP contribution < -0.4 is 16.4 Å². The Bertz CT molecular complexity index is 431. The van der Waals surface area contributed by atoms with Crippen molar-refractivity contribution in [3.63, 3.8) is 0 Å². The summed E-state index contributed by atoms with van der Waals surface area (Å²) in [5.41, 5.74) is 7.81. The average Bonchev–Trinajstić information content (AvgIpc) is 2.39. The zero-order valence-electron chi connectivity index (χ0n) is 11.3. The van der Waals surface area contributed by atoms with Crippen LogP contribution in [0.4, 0.5) is 10.5 Å². The molecule has 1 aromatic carbocycles. The number of amides is 2. The molecule has 1 aromatic rings. The summed E-state index contributed by atoms with van der Waals surface area (Å²) < 4.78 is 5.51. The van der Waals surface area contributed by atoms with Crippen molar-refractivity contribution in [1.29, 1.82) is 0 Å². The van der Waals surface area contributed by atoms with Gasteiger partial charge in [0.25, 0.3) is 0 Å². The number of anilines is 1. The summed E-state index contributed by atoms with van der Waals surface area (Å²) in [6, 6.07) is 7.27. The Morgan fingerprint density at radius 1 is 1.42 bits per heavy atom. The van der Waals surface area contributed by atoms with Crippen LogP contribution in [-0.4, -0.2) is 30.8 Å². The molecule has 4 N–H and O–H groups in total. The highest BCUT2D eigenvalue weighted by Crippen LogP contribution is 2.22. The molecule has 3 atom stereocenters. The first-order valence-electron chi connectivity index (χ1n) is 6.61. The molecule has 0 heterocycles. The van der Waals surface area contributed by atoms with E-state index in [-0.39, 0.29) is 24.2 Å². The lowest BCUT2D eigenvalue weighted by atomic mass is 9.83. The fraction of sp³-hybridized carbons (Fsp3) is 0.500. The van der Waals surface area contributed by atoms with Crippen LogP contribution >= 0.6 is 0 Å². The van der Waals surface area contributed by atoms with Gasteiger partial charge in [-0.1, -0.05) is 17.7 Å². The van der Waals surface area contributed by atoms with E-state index in [1.807, 2.05) is 38.1 Å². The summed E-state index contributed by atoms with van der Waals surface area (Å²) in [4.78, 5) is 11.9. The number of hydrogen-bond donors (Lipinski definition) is 3. The molecule has 0 radical (unpaired) electrons. The molecule has 1 aliphatic carbocycles. The lowest BCUT2D eigenvalue weighted by Gasteiger charge is -2.42. The summed E-state index contributed by atoms with van der Waals surface area (Å²) in [6.45, 7) is 4.58. The van der Waals surface area contributed by atoms with Gasteiger partial charge in [0.05, 0.1) is 12.1 Å². The number of carbonyl (C=O) groups excluding carboxylic acids is 1. The maximum Gasteiger partial charge on any atom is 0.319 e. The van der Waals surface area contributed by atoms with Crippen LogP contribution in [0.3, 0.4) is 0 Å². The summed E-state index contributed by atoms with van der Waals surface area (Å²) in [5.74, 6) is 0. The first-order valence-corrected chi connectivity index (χ1v) is 6.61. The van der Waals surface area contributed by atoms with Gasteiger partial charge in [0.15, 0.2) is 0 Å². The van der Waals surface area contributed by atoms with Crippen LogP contribution in [0.2, 0.25) is 0 Å². The minimum atomic E-state index is -0.242. The molecule has 104 valence electrons. The van der Waals surface area contributed by atoms with Crippen molar-refractivity contribution < 1.29 is 9.53 Å². The monoisotopic (exact) mass is 263 g/mol. The lowest BCUT2D eigenvalue weighted by Crippen LogP contribution is -2.65. The third-order valence-electron chi connectivity index (χ3n) is 3.35. The van der Waals surface area contributed by atoms with E-state index in [9.17, 15) is 4.79 Å². The zero-order chi connectivity index (χ0) is 13.8. The van der Waals surface area contributed by atoms with E-state index in [4.69, 9.17) is 10.5 Å². The first-order chi connectivity index (χ1) is 9.10. The van der Waals surface area contributed by atoms with Crippen molar-refractivity contribution in [1.82, 2.24) is 5.32 Å². The Balaban J connectivity index is 1.85. The van der Waals surface area contributed by atoms with E-state index < -0.39 is 0 Å². The van der Waals surface area contributed by atoms with E-state index in [0.717, 1.165) is 17.7 Å². The molecule has 0 spiro atoms. The molecule has 1 aliphatic rings. The number of nitrogens with one attached hydrogen (secondary N) is 2. The fourth-order valence-electron chi connectivity index (χ4n) is 2.18. The number of benzene rings is 1. The minimum Gasteiger partial charge on any atom is -0.376 e. The van der Waals surface area contributed by atoms with Gasteiger partial charge >= 0.3 is 6.03 Å². The highest BCUT2D eigenvalue weighted by atomic mass is 16.5. The maximum atomic E-state index is 11.9. The molecule has 0 aromatic heterocycles. The van der Waals surface area contributed by atoms with Crippen molar-refractivity contribution in [3.05, 3.63) is 29.8 Å². The molecule has 19 heavy (non-hydrogen) atoms. The van der Waals surface area contributed by atoms with Crippen LogP contribution in [0.15, 0.2) is 24.3 Å². The van der Waals surface area contributed by atoms with Gasteiger partial charge in [-0.3, -0.25) is 0 Å². The molecule has 2 amide bonds. The van der Waals surface area contributed by atoms with Crippen LogP contribution in [0.5, 0.6) is 0 Å². The van der Waals surface area contributed by atoms with E-state index in [0.29, 0.717) is 6.61 Å². The molecule has 5 heteroatoms. The molecule has 3 unspecified atom stereocenters. The Labute approximate surface area is 113 Å². The molecule has 0 saturated heterocycles. The standard InChI is InChI=1S/C14H21N3O2/c1-3-19-12-8-11(15)13(12)17-14(18)16-10-6-4-9(2)5-7-10/h4-7,11-13H,3,8,15H2,1-2H3,(H2,16,17,18). The summed E-state index contributed by atoms with van der Waals surface area (Å²) in [6.07, 6.45) is 0.826. The third-order valence-corrected chi connectivity index (χ3v) is 3.35. The molecular formula is C14H21N3O2. The number of ether oxygens (including phenoxy) is 1. The molecule has 0 aliphatic heterocycles. The topological polar surface area (TPSA) is 76.4 Å². The lowest BCUT2D eigenvalue weighted by molar-refractivity contribution is -0.0277. The molecule has 5 nitrogen and oxygen atoms in total. The Kier molecular flexibility index (Phi) is 4.39. The van der Waals surface area contributed by atoms with Crippen molar-refractivity contribution in [2.45, 2.75) is 38.5 Å². The van der Waals surface area contributed by atoms with Crippen LogP contribution in [0.1, 0.15) is 18.9 Å². The minimum absolute atomic E-state index is 0.0275. The van der Waals surface area contributed by atoms with E-state index >= 15 is 0 Å². The van der Waals surface area contributed by atoms with Gasteiger partial charge in [-0.25, -0.2) is 4.79 Å². The molecule has 1 saturated carbocycles. The van der Waals surface area contributed by atoms with Crippen molar-refractivity contribution in [2.75, 3.05) is 11.9 Å². The number of carbonyl (C=O) groups is 1. The molecular weight excluding hydrogens is 242 g/mol. The van der Waals surface area contributed by atoms with Gasteiger partial charge in [-0.2, -0.15) is 0 Å². The van der Waals surface area contributed by atoms with Crippen LogP contribution in [0, 0.1) is 6.92 Å². The van der Waals surface area contributed by atoms with E-state index in [2.05, 4.69) is 10.6 Å². The normalized spacial score (nSPS) is 25.5. The summed E-state index contributed by atoms with van der Waals surface area (Å²) >= 11 is 0. The smallest absolute Gasteiger partial charge is 0.319 e. The summed E-state index contributed by atoms with van der Waals surface area (Å²) in [5, 5.41) is 5.65. The van der Waals surface area contributed by atoms with Gasteiger partial charge in [-0.15, -0.1) is 0 Å². The predicted molar refractivity (Wildman–Crippen MR) is 75.1 cm³/mol. The van der Waals surface area contributed by atoms with E-state index in [1.165, 1.54) is 0 Å². The predicted octanol–water partition coefficient (Wildman–Crippen LogP) is 1.62. The number of nitrogens with two attached hydrogens (primary N) is 1. The second-order valence-electron chi connectivity index (χ2n) is 4.88. The van der Waals surface area contributed by atoms with Gasteiger partial charge < -0.3 is 21.1 Å². The van der Waals surface area contributed by atoms with Crippen LogP contribution in [0.25, 0.3) is 0 Å². The van der Waals surface area contributed by atoms with Gasteiger partial charge in [0.1, 0.15) is 0 Å². The number of hydrogen-bond acceptors (Lipinski definition) is 3.